The molecule has 0 fully saturated rings. The van der Waals surface area contributed by atoms with E-state index >= 15 is 0 Å². The zero-order valence-electron chi connectivity index (χ0n) is 12.6. The number of aromatic nitrogens is 3. The number of benzene rings is 1. The lowest BCUT2D eigenvalue weighted by molar-refractivity contribution is 0.166. The molecule has 1 aromatic heterocycles. The Bertz CT molecular complexity index is 572. The van der Waals surface area contributed by atoms with Crippen molar-refractivity contribution in [3.8, 4) is 5.75 Å². The highest BCUT2D eigenvalue weighted by Gasteiger charge is 2.23. The SMILES string of the molecule is CCCNC(c1cnnn1C)C(C)Oc1cccc(Cl)c1. The highest BCUT2D eigenvalue weighted by atomic mass is 35.5. The summed E-state index contributed by atoms with van der Waals surface area (Å²) in [4.78, 5) is 0. The largest absolute Gasteiger partial charge is 0.489 e. The van der Waals surface area contributed by atoms with Crippen LogP contribution in [-0.4, -0.2) is 27.6 Å². The molecule has 6 heteroatoms. The molecule has 0 radical (unpaired) electrons. The van der Waals surface area contributed by atoms with Gasteiger partial charge in [-0.3, -0.25) is 4.68 Å². The van der Waals surface area contributed by atoms with Crippen LogP contribution < -0.4 is 10.1 Å². The van der Waals surface area contributed by atoms with Gasteiger partial charge in [0.2, 0.25) is 0 Å². The first-order valence-corrected chi connectivity index (χ1v) is 7.49. The van der Waals surface area contributed by atoms with Crippen LogP contribution in [0.2, 0.25) is 5.02 Å². The van der Waals surface area contributed by atoms with Gasteiger partial charge in [-0.05, 0) is 38.1 Å². The lowest BCUT2D eigenvalue weighted by Crippen LogP contribution is -2.35. The molecule has 2 aromatic rings. The van der Waals surface area contributed by atoms with Gasteiger partial charge in [-0.25, -0.2) is 0 Å². The maximum Gasteiger partial charge on any atom is 0.121 e. The zero-order chi connectivity index (χ0) is 15.2. The lowest BCUT2D eigenvalue weighted by Gasteiger charge is -2.25. The van der Waals surface area contributed by atoms with E-state index in [9.17, 15) is 0 Å². The van der Waals surface area contributed by atoms with Crippen molar-refractivity contribution in [2.75, 3.05) is 6.54 Å². The number of rotatable bonds is 7. The second-order valence-electron chi connectivity index (χ2n) is 4.99. The number of nitrogens with zero attached hydrogens (tertiary/aromatic N) is 3. The van der Waals surface area contributed by atoms with Crippen LogP contribution in [0.4, 0.5) is 0 Å². The van der Waals surface area contributed by atoms with Crippen LogP contribution in [0.25, 0.3) is 0 Å². The summed E-state index contributed by atoms with van der Waals surface area (Å²) >= 11 is 6.00. The van der Waals surface area contributed by atoms with Gasteiger partial charge < -0.3 is 10.1 Å². The van der Waals surface area contributed by atoms with Gasteiger partial charge in [0.15, 0.2) is 0 Å². The molecule has 2 rings (SSSR count). The van der Waals surface area contributed by atoms with Crippen molar-refractivity contribution in [1.82, 2.24) is 20.3 Å². The van der Waals surface area contributed by atoms with E-state index in [1.165, 1.54) is 0 Å². The molecule has 0 aliphatic heterocycles. The fourth-order valence-electron chi connectivity index (χ4n) is 2.21. The van der Waals surface area contributed by atoms with E-state index in [0.717, 1.165) is 24.4 Å². The maximum absolute atomic E-state index is 6.02. The first-order chi connectivity index (χ1) is 10.1. The Balaban J connectivity index is 2.14. The standard InChI is InChI=1S/C15H21ClN4O/c1-4-8-17-15(14-10-18-19-20(14)3)11(2)21-13-7-5-6-12(16)9-13/h5-7,9-11,15,17H,4,8H2,1-3H3. The quantitative estimate of drug-likeness (QED) is 0.854. The minimum Gasteiger partial charge on any atom is -0.489 e. The lowest BCUT2D eigenvalue weighted by atomic mass is 10.1. The number of nitrogens with one attached hydrogen (secondary N) is 1. The van der Waals surface area contributed by atoms with Crippen LogP contribution in [-0.2, 0) is 7.05 Å². The third-order valence-electron chi connectivity index (χ3n) is 3.27. The molecular weight excluding hydrogens is 288 g/mol. The van der Waals surface area contributed by atoms with Gasteiger partial charge in [0.25, 0.3) is 0 Å². The number of hydrogen-bond acceptors (Lipinski definition) is 4. The smallest absolute Gasteiger partial charge is 0.121 e. The van der Waals surface area contributed by atoms with Crippen LogP contribution in [0.3, 0.4) is 0 Å². The molecule has 2 unspecified atom stereocenters. The topological polar surface area (TPSA) is 52.0 Å². The molecule has 0 spiro atoms. The second-order valence-corrected chi connectivity index (χ2v) is 5.43. The van der Waals surface area contributed by atoms with Gasteiger partial charge in [0, 0.05) is 12.1 Å². The molecule has 0 amide bonds. The monoisotopic (exact) mass is 308 g/mol. The van der Waals surface area contributed by atoms with Crippen molar-refractivity contribution in [2.45, 2.75) is 32.4 Å². The number of aryl methyl sites for hydroxylation is 1. The number of halogens is 1. The Kier molecular flexibility index (Phi) is 5.59. The van der Waals surface area contributed by atoms with E-state index < -0.39 is 0 Å². The summed E-state index contributed by atoms with van der Waals surface area (Å²) in [6, 6.07) is 7.45. The molecule has 1 aromatic carbocycles. The van der Waals surface area contributed by atoms with Crippen molar-refractivity contribution in [1.29, 1.82) is 0 Å². The summed E-state index contributed by atoms with van der Waals surface area (Å²) in [5, 5.41) is 12.1. The van der Waals surface area contributed by atoms with E-state index in [-0.39, 0.29) is 12.1 Å². The van der Waals surface area contributed by atoms with Crippen molar-refractivity contribution in [3.63, 3.8) is 0 Å². The summed E-state index contributed by atoms with van der Waals surface area (Å²) in [5.74, 6) is 0.758. The third kappa shape index (κ3) is 4.19. The molecule has 114 valence electrons. The first-order valence-electron chi connectivity index (χ1n) is 7.12. The van der Waals surface area contributed by atoms with Gasteiger partial charge in [-0.15, -0.1) is 5.10 Å². The zero-order valence-corrected chi connectivity index (χ0v) is 13.3. The fourth-order valence-corrected chi connectivity index (χ4v) is 2.39. The fraction of sp³-hybridized carbons (Fsp3) is 0.467. The van der Waals surface area contributed by atoms with E-state index in [1.54, 1.807) is 10.9 Å². The third-order valence-corrected chi connectivity index (χ3v) is 3.50. The van der Waals surface area contributed by atoms with E-state index in [4.69, 9.17) is 16.3 Å². The van der Waals surface area contributed by atoms with Gasteiger partial charge in [0.1, 0.15) is 11.9 Å². The van der Waals surface area contributed by atoms with Gasteiger partial charge in [0.05, 0.1) is 17.9 Å². The summed E-state index contributed by atoms with van der Waals surface area (Å²) in [7, 11) is 1.88. The summed E-state index contributed by atoms with van der Waals surface area (Å²) in [6.07, 6.45) is 2.74. The Morgan fingerprint density at radius 1 is 1.43 bits per heavy atom. The average Bonchev–Trinajstić information content (AvgIpc) is 2.86. The maximum atomic E-state index is 6.02. The Morgan fingerprint density at radius 2 is 2.24 bits per heavy atom. The number of hydrogen-bond donors (Lipinski definition) is 1. The van der Waals surface area contributed by atoms with E-state index in [1.807, 2.05) is 38.2 Å². The predicted octanol–water partition coefficient (Wildman–Crippen LogP) is 2.98. The van der Waals surface area contributed by atoms with Crippen LogP contribution in [0, 0.1) is 0 Å². The van der Waals surface area contributed by atoms with E-state index in [2.05, 4.69) is 22.6 Å². The molecular formula is C15H21ClN4O. The summed E-state index contributed by atoms with van der Waals surface area (Å²) in [6.45, 7) is 5.06. The van der Waals surface area contributed by atoms with Gasteiger partial charge >= 0.3 is 0 Å². The molecule has 1 N–H and O–H groups in total. The average molecular weight is 309 g/mol. The first kappa shape index (κ1) is 15.8. The van der Waals surface area contributed by atoms with Gasteiger partial charge in [-0.2, -0.15) is 0 Å². The summed E-state index contributed by atoms with van der Waals surface area (Å²) < 4.78 is 7.79. The Morgan fingerprint density at radius 3 is 2.86 bits per heavy atom. The Labute approximate surface area is 130 Å². The van der Waals surface area contributed by atoms with Crippen molar-refractivity contribution < 1.29 is 4.74 Å². The second kappa shape index (κ2) is 7.43. The predicted molar refractivity (Wildman–Crippen MR) is 83.6 cm³/mol. The van der Waals surface area contributed by atoms with Crippen molar-refractivity contribution >= 4 is 11.6 Å². The molecule has 0 bridgehead atoms. The van der Waals surface area contributed by atoms with Crippen LogP contribution >= 0.6 is 11.6 Å². The summed E-state index contributed by atoms with van der Waals surface area (Å²) in [5.41, 5.74) is 0.998. The van der Waals surface area contributed by atoms with Crippen LogP contribution in [0.15, 0.2) is 30.5 Å². The minimum atomic E-state index is -0.0767. The Hall–Kier alpha value is -1.59. The van der Waals surface area contributed by atoms with Gasteiger partial charge in [-0.1, -0.05) is 29.8 Å². The molecule has 0 aliphatic rings. The normalized spacial score (nSPS) is 13.9. The molecule has 5 nitrogen and oxygen atoms in total. The highest BCUT2D eigenvalue weighted by Crippen LogP contribution is 2.23. The minimum absolute atomic E-state index is 0.0175. The molecule has 1 heterocycles. The molecule has 2 atom stereocenters. The van der Waals surface area contributed by atoms with Crippen molar-refractivity contribution in [2.24, 2.45) is 7.05 Å². The number of ether oxygens (including phenoxy) is 1. The van der Waals surface area contributed by atoms with Crippen molar-refractivity contribution in [3.05, 3.63) is 41.2 Å². The van der Waals surface area contributed by atoms with Crippen LogP contribution in [0.1, 0.15) is 32.0 Å². The molecule has 0 saturated carbocycles. The molecule has 21 heavy (non-hydrogen) atoms. The molecule has 0 aliphatic carbocycles. The molecule has 0 saturated heterocycles. The van der Waals surface area contributed by atoms with Crippen LogP contribution in [0.5, 0.6) is 5.75 Å². The van der Waals surface area contributed by atoms with E-state index in [0.29, 0.717) is 5.02 Å². The highest BCUT2D eigenvalue weighted by molar-refractivity contribution is 6.30.